The summed E-state index contributed by atoms with van der Waals surface area (Å²) in [4.78, 5) is 3.74. The van der Waals surface area contributed by atoms with Gasteiger partial charge in [0.05, 0.1) is 7.11 Å². The van der Waals surface area contributed by atoms with Crippen LogP contribution in [0, 0.1) is 11.3 Å². The Morgan fingerprint density at radius 2 is 2.36 bits per heavy atom. The number of aromatic nitrogens is 1. The molecule has 0 spiro atoms. The standard InChI is InChI=1S/C7H5ClN2O/c1-11-6-3-2-5(4-9)10-7(6)8/h2-3H,1H3. The van der Waals surface area contributed by atoms with Gasteiger partial charge in [0, 0.05) is 0 Å². The summed E-state index contributed by atoms with van der Waals surface area (Å²) in [5, 5.41) is 8.63. The molecule has 0 atom stereocenters. The normalized spacial score (nSPS) is 8.82. The van der Waals surface area contributed by atoms with Crippen molar-refractivity contribution in [3.05, 3.63) is 23.0 Å². The predicted octanol–water partition coefficient (Wildman–Crippen LogP) is 1.62. The van der Waals surface area contributed by atoms with Crippen LogP contribution in [0.4, 0.5) is 0 Å². The maximum atomic E-state index is 8.41. The van der Waals surface area contributed by atoms with Gasteiger partial charge in [-0.2, -0.15) is 5.26 Å². The number of hydrogen-bond acceptors (Lipinski definition) is 3. The lowest BCUT2D eigenvalue weighted by atomic mass is 10.4. The molecule has 0 aliphatic carbocycles. The fourth-order valence-electron chi connectivity index (χ4n) is 0.636. The van der Waals surface area contributed by atoms with Crippen LogP contribution in [0.25, 0.3) is 0 Å². The van der Waals surface area contributed by atoms with Gasteiger partial charge in [0.15, 0.2) is 10.9 Å². The number of ether oxygens (including phenoxy) is 1. The molecule has 3 nitrogen and oxygen atoms in total. The average molecular weight is 169 g/mol. The molecule has 11 heavy (non-hydrogen) atoms. The van der Waals surface area contributed by atoms with Crippen molar-refractivity contribution in [2.24, 2.45) is 0 Å². The fraction of sp³-hybridized carbons (Fsp3) is 0.143. The van der Waals surface area contributed by atoms with Crippen LogP contribution in [-0.4, -0.2) is 12.1 Å². The van der Waals surface area contributed by atoms with E-state index in [1.54, 1.807) is 12.1 Å². The van der Waals surface area contributed by atoms with Gasteiger partial charge in [-0.05, 0) is 12.1 Å². The fourth-order valence-corrected chi connectivity index (χ4v) is 0.867. The summed E-state index contributed by atoms with van der Waals surface area (Å²) >= 11 is 5.62. The Kier molecular flexibility index (Phi) is 2.29. The van der Waals surface area contributed by atoms with Gasteiger partial charge >= 0.3 is 0 Å². The number of nitrogens with zero attached hydrogens (tertiary/aromatic N) is 2. The van der Waals surface area contributed by atoms with Gasteiger partial charge in [-0.1, -0.05) is 11.6 Å². The number of hydrogen-bond donors (Lipinski definition) is 0. The molecule has 0 radical (unpaired) electrons. The van der Waals surface area contributed by atoms with Crippen molar-refractivity contribution >= 4 is 11.6 Å². The first kappa shape index (κ1) is 7.83. The summed E-state index contributed by atoms with van der Waals surface area (Å²) in [7, 11) is 1.49. The highest BCUT2D eigenvalue weighted by Crippen LogP contribution is 2.20. The van der Waals surface area contributed by atoms with Gasteiger partial charge in [0.2, 0.25) is 0 Å². The maximum absolute atomic E-state index is 8.41. The molecule has 0 saturated carbocycles. The molecule has 0 unspecified atom stereocenters. The van der Waals surface area contributed by atoms with E-state index in [1.807, 2.05) is 6.07 Å². The van der Waals surface area contributed by atoms with Crippen molar-refractivity contribution in [3.63, 3.8) is 0 Å². The lowest BCUT2D eigenvalue weighted by molar-refractivity contribution is 0.413. The van der Waals surface area contributed by atoms with Gasteiger partial charge in [-0.15, -0.1) is 0 Å². The van der Waals surface area contributed by atoms with E-state index in [9.17, 15) is 0 Å². The van der Waals surface area contributed by atoms with Crippen molar-refractivity contribution in [2.75, 3.05) is 7.11 Å². The third-order valence-corrected chi connectivity index (χ3v) is 1.42. The highest BCUT2D eigenvalue weighted by Gasteiger charge is 2.01. The molecule has 1 rings (SSSR count). The zero-order chi connectivity index (χ0) is 8.27. The molecule has 0 aliphatic heterocycles. The van der Waals surface area contributed by atoms with Crippen molar-refractivity contribution in [2.45, 2.75) is 0 Å². The van der Waals surface area contributed by atoms with Crippen LogP contribution in [-0.2, 0) is 0 Å². The van der Waals surface area contributed by atoms with Crippen molar-refractivity contribution in [1.82, 2.24) is 4.98 Å². The highest BCUT2D eigenvalue weighted by atomic mass is 35.5. The summed E-state index contributed by atoms with van der Waals surface area (Å²) in [5.74, 6) is 0.477. The summed E-state index contributed by atoms with van der Waals surface area (Å²) < 4.78 is 4.84. The number of methoxy groups -OCH3 is 1. The van der Waals surface area contributed by atoms with Crippen LogP contribution in [0.1, 0.15) is 5.69 Å². The van der Waals surface area contributed by atoms with Crippen LogP contribution >= 0.6 is 11.6 Å². The number of nitriles is 1. The lowest BCUT2D eigenvalue weighted by Crippen LogP contribution is -1.88. The van der Waals surface area contributed by atoms with Crippen molar-refractivity contribution < 1.29 is 4.74 Å². The molecule has 0 N–H and O–H groups in total. The minimum atomic E-state index is 0.214. The zero-order valence-electron chi connectivity index (χ0n) is 5.84. The van der Waals surface area contributed by atoms with E-state index in [2.05, 4.69) is 4.98 Å². The van der Waals surface area contributed by atoms with Gasteiger partial charge in [0.1, 0.15) is 11.8 Å². The van der Waals surface area contributed by atoms with Crippen molar-refractivity contribution in [3.8, 4) is 11.8 Å². The summed E-state index contributed by atoms with van der Waals surface area (Å²) in [6, 6.07) is 5.02. The smallest absolute Gasteiger partial charge is 0.172 e. The van der Waals surface area contributed by atoms with E-state index in [-0.39, 0.29) is 10.8 Å². The van der Waals surface area contributed by atoms with E-state index in [1.165, 1.54) is 7.11 Å². The summed E-state index contributed by atoms with van der Waals surface area (Å²) in [6.07, 6.45) is 0. The first-order chi connectivity index (χ1) is 5.27. The molecule has 1 heterocycles. The Morgan fingerprint density at radius 3 is 2.82 bits per heavy atom. The molecule has 0 saturated heterocycles. The minimum Gasteiger partial charge on any atom is -0.494 e. The molecule has 0 fully saturated rings. The van der Waals surface area contributed by atoms with E-state index in [4.69, 9.17) is 21.6 Å². The molecule has 0 amide bonds. The average Bonchev–Trinajstić information content (AvgIpc) is 2.04. The van der Waals surface area contributed by atoms with E-state index < -0.39 is 0 Å². The van der Waals surface area contributed by atoms with Gasteiger partial charge < -0.3 is 4.74 Å². The third kappa shape index (κ3) is 1.60. The summed E-state index contributed by atoms with van der Waals surface area (Å²) in [6.45, 7) is 0. The molecule has 0 aliphatic rings. The second-order valence-corrected chi connectivity index (χ2v) is 2.16. The molecular weight excluding hydrogens is 164 g/mol. The van der Waals surface area contributed by atoms with Crippen molar-refractivity contribution in [1.29, 1.82) is 5.26 Å². The predicted molar refractivity (Wildman–Crippen MR) is 40.5 cm³/mol. The van der Waals surface area contributed by atoms with Gasteiger partial charge in [-0.25, -0.2) is 4.98 Å². The molecular formula is C7H5ClN2O. The summed E-state index contributed by atoms with van der Waals surface area (Å²) in [5.41, 5.74) is 0.288. The third-order valence-electron chi connectivity index (χ3n) is 1.15. The topological polar surface area (TPSA) is 45.9 Å². The SMILES string of the molecule is COc1ccc(C#N)nc1Cl. The Labute approximate surface area is 69.2 Å². The van der Waals surface area contributed by atoms with Gasteiger partial charge in [-0.3, -0.25) is 0 Å². The van der Waals surface area contributed by atoms with E-state index in [0.717, 1.165) is 0 Å². The lowest BCUT2D eigenvalue weighted by Gasteiger charge is -1.99. The number of rotatable bonds is 1. The Hall–Kier alpha value is -1.27. The first-order valence-corrected chi connectivity index (χ1v) is 3.26. The Morgan fingerprint density at radius 1 is 1.64 bits per heavy atom. The quantitative estimate of drug-likeness (QED) is 0.599. The molecule has 0 bridgehead atoms. The van der Waals surface area contributed by atoms with E-state index in [0.29, 0.717) is 5.75 Å². The monoisotopic (exact) mass is 168 g/mol. The molecule has 4 heteroatoms. The maximum Gasteiger partial charge on any atom is 0.172 e. The minimum absolute atomic E-state index is 0.214. The first-order valence-electron chi connectivity index (χ1n) is 2.88. The van der Waals surface area contributed by atoms with Crippen LogP contribution in [0.5, 0.6) is 5.75 Å². The second kappa shape index (κ2) is 3.22. The number of halogens is 1. The van der Waals surface area contributed by atoms with Gasteiger partial charge in [0.25, 0.3) is 0 Å². The van der Waals surface area contributed by atoms with Crippen LogP contribution in [0.15, 0.2) is 12.1 Å². The largest absolute Gasteiger partial charge is 0.494 e. The number of pyridine rings is 1. The zero-order valence-corrected chi connectivity index (χ0v) is 6.59. The van der Waals surface area contributed by atoms with E-state index >= 15 is 0 Å². The second-order valence-electron chi connectivity index (χ2n) is 1.80. The molecule has 56 valence electrons. The van der Waals surface area contributed by atoms with Crippen LogP contribution < -0.4 is 4.74 Å². The molecule has 1 aromatic heterocycles. The van der Waals surface area contributed by atoms with Crippen LogP contribution in [0.3, 0.4) is 0 Å². The Balaban J connectivity index is 3.12. The van der Waals surface area contributed by atoms with Crippen LogP contribution in [0.2, 0.25) is 5.15 Å². The molecule has 1 aromatic rings. The highest BCUT2D eigenvalue weighted by molar-refractivity contribution is 6.30. The Bertz CT molecular complexity index is 306. The molecule has 0 aromatic carbocycles.